The smallest absolute Gasteiger partial charge is 0.274 e. The summed E-state index contributed by atoms with van der Waals surface area (Å²) in [5.41, 5.74) is 2.46. The number of carbonyl (C=O) groups is 1. The van der Waals surface area contributed by atoms with Gasteiger partial charge in [0.2, 0.25) is 5.91 Å². The summed E-state index contributed by atoms with van der Waals surface area (Å²) in [5, 5.41) is 8.50. The van der Waals surface area contributed by atoms with Crippen molar-refractivity contribution >= 4 is 34.1 Å². The van der Waals surface area contributed by atoms with Gasteiger partial charge in [-0.15, -0.1) is 0 Å². The molecule has 0 unspecified atom stereocenters. The highest BCUT2D eigenvalue weighted by Crippen LogP contribution is 2.29. The van der Waals surface area contributed by atoms with Crippen LogP contribution in [-0.4, -0.2) is 15.7 Å². The Morgan fingerprint density at radius 1 is 0.938 bits per heavy atom. The summed E-state index contributed by atoms with van der Waals surface area (Å²) in [6.45, 7) is 4.37. The van der Waals surface area contributed by atoms with Gasteiger partial charge in [0.05, 0.1) is 17.5 Å². The van der Waals surface area contributed by atoms with Crippen molar-refractivity contribution in [1.82, 2.24) is 9.78 Å². The first kappa shape index (κ1) is 21.8. The van der Waals surface area contributed by atoms with E-state index in [0.29, 0.717) is 22.4 Å². The van der Waals surface area contributed by atoms with E-state index in [-0.39, 0.29) is 17.9 Å². The molecule has 6 heteroatoms. The number of nitrogens with one attached hydrogen (secondary N) is 1. The molecule has 1 heterocycles. The molecule has 32 heavy (non-hydrogen) atoms. The van der Waals surface area contributed by atoms with Crippen molar-refractivity contribution in [1.29, 1.82) is 0 Å². The zero-order chi connectivity index (χ0) is 22.7. The van der Waals surface area contributed by atoms with Crippen LogP contribution in [0.25, 0.3) is 10.8 Å². The van der Waals surface area contributed by atoms with Crippen molar-refractivity contribution in [2.75, 3.05) is 5.32 Å². The second-order valence-corrected chi connectivity index (χ2v) is 9.14. The third kappa shape index (κ3) is 4.92. The highest BCUT2D eigenvalue weighted by molar-refractivity contribution is 7.99. The number of aromatic nitrogens is 2. The van der Waals surface area contributed by atoms with Gasteiger partial charge in [-0.2, -0.15) is 5.10 Å². The number of anilines is 1. The molecule has 5 nitrogen and oxygen atoms in total. The van der Waals surface area contributed by atoms with E-state index in [0.717, 1.165) is 10.6 Å². The number of hydrogen-bond acceptors (Lipinski definition) is 4. The second kappa shape index (κ2) is 9.40. The summed E-state index contributed by atoms with van der Waals surface area (Å²) in [6, 6.07) is 23.6. The summed E-state index contributed by atoms with van der Waals surface area (Å²) < 4.78 is 1.28. The Kier molecular flexibility index (Phi) is 6.42. The lowest BCUT2D eigenvalue weighted by Gasteiger charge is -2.10. The van der Waals surface area contributed by atoms with E-state index < -0.39 is 0 Å². The number of fused-ring (bicyclic) bond motifs is 1. The first-order chi connectivity index (χ1) is 15.4. The lowest BCUT2D eigenvalue weighted by atomic mass is 10.0. The van der Waals surface area contributed by atoms with Crippen molar-refractivity contribution in [3.63, 3.8) is 0 Å². The first-order valence-corrected chi connectivity index (χ1v) is 11.3. The van der Waals surface area contributed by atoms with E-state index in [9.17, 15) is 9.59 Å². The molecule has 0 aliphatic heterocycles. The average molecular weight is 444 g/mol. The predicted octanol–water partition coefficient (Wildman–Crippen LogP) is 5.39. The lowest BCUT2D eigenvalue weighted by Crippen LogP contribution is -2.24. The van der Waals surface area contributed by atoms with Crippen LogP contribution >= 0.6 is 11.8 Å². The zero-order valence-corrected chi connectivity index (χ0v) is 19.1. The number of benzene rings is 3. The van der Waals surface area contributed by atoms with E-state index in [1.807, 2.05) is 42.5 Å². The molecule has 3 aromatic carbocycles. The van der Waals surface area contributed by atoms with Crippen LogP contribution < -0.4 is 10.9 Å². The number of nitrogens with zero attached hydrogens (tertiary/aromatic N) is 2. The van der Waals surface area contributed by atoms with Crippen LogP contribution in [0.5, 0.6) is 0 Å². The van der Waals surface area contributed by atoms with Crippen LogP contribution in [0.1, 0.15) is 31.0 Å². The quantitative estimate of drug-likeness (QED) is 0.434. The minimum absolute atomic E-state index is 0.0906. The summed E-state index contributed by atoms with van der Waals surface area (Å²) in [6.07, 6.45) is 0.0906. The summed E-state index contributed by atoms with van der Waals surface area (Å²) in [4.78, 5) is 27.2. The fraction of sp³-hybridized carbons (Fsp3) is 0.192. The van der Waals surface area contributed by atoms with E-state index in [1.165, 1.54) is 15.1 Å². The molecule has 162 valence electrons. The van der Waals surface area contributed by atoms with Crippen LogP contribution in [0.4, 0.5) is 5.69 Å². The summed E-state index contributed by atoms with van der Waals surface area (Å²) in [7, 11) is 1.60. The number of carbonyl (C=O) groups excluding carboxylic acids is 1. The molecule has 0 radical (unpaired) electrons. The molecule has 4 aromatic rings. The Bertz CT molecular complexity index is 1310. The van der Waals surface area contributed by atoms with Crippen LogP contribution in [-0.2, 0) is 18.3 Å². The Morgan fingerprint density at radius 3 is 2.16 bits per heavy atom. The van der Waals surface area contributed by atoms with Crippen molar-refractivity contribution in [3.05, 3.63) is 94.4 Å². The van der Waals surface area contributed by atoms with Crippen LogP contribution in [0, 0.1) is 0 Å². The molecule has 0 atom stereocenters. The highest BCUT2D eigenvalue weighted by Gasteiger charge is 2.12. The molecular formula is C26H25N3O2S. The van der Waals surface area contributed by atoms with Crippen LogP contribution in [0.15, 0.2) is 87.4 Å². The molecule has 0 bridgehead atoms. The fourth-order valence-corrected chi connectivity index (χ4v) is 4.34. The monoisotopic (exact) mass is 443 g/mol. The maximum absolute atomic E-state index is 12.6. The second-order valence-electron chi connectivity index (χ2n) is 8.00. The van der Waals surface area contributed by atoms with Gasteiger partial charge in [0.1, 0.15) is 0 Å². The van der Waals surface area contributed by atoms with Gasteiger partial charge in [-0.1, -0.05) is 55.9 Å². The van der Waals surface area contributed by atoms with Crippen LogP contribution in [0.2, 0.25) is 0 Å². The Balaban J connectivity index is 1.43. The van der Waals surface area contributed by atoms with E-state index in [1.54, 1.807) is 24.9 Å². The molecule has 0 saturated carbocycles. The number of aryl methyl sites for hydroxylation is 1. The first-order valence-electron chi connectivity index (χ1n) is 10.5. The van der Waals surface area contributed by atoms with Crippen molar-refractivity contribution < 1.29 is 4.79 Å². The molecule has 0 saturated heterocycles. The van der Waals surface area contributed by atoms with Gasteiger partial charge in [-0.25, -0.2) is 4.68 Å². The fourth-order valence-electron chi connectivity index (χ4n) is 3.53. The van der Waals surface area contributed by atoms with Gasteiger partial charge in [-0.3, -0.25) is 9.59 Å². The Morgan fingerprint density at radius 2 is 1.53 bits per heavy atom. The third-order valence-corrected chi connectivity index (χ3v) is 6.30. The topological polar surface area (TPSA) is 64.0 Å². The molecule has 0 spiro atoms. The summed E-state index contributed by atoms with van der Waals surface area (Å²) >= 11 is 1.69. The SMILES string of the molecule is CC(C)c1ccc(Sc2ccc(NC(=O)Cc3nn(C)c(=O)c4ccccc34)cc2)cc1. The maximum atomic E-state index is 12.6. The Hall–Kier alpha value is -3.38. The third-order valence-electron chi connectivity index (χ3n) is 5.28. The average Bonchev–Trinajstić information content (AvgIpc) is 2.79. The molecule has 0 fully saturated rings. The van der Waals surface area contributed by atoms with E-state index >= 15 is 0 Å². The van der Waals surface area contributed by atoms with Crippen molar-refractivity contribution in [2.24, 2.45) is 7.05 Å². The largest absolute Gasteiger partial charge is 0.326 e. The van der Waals surface area contributed by atoms with Crippen LogP contribution in [0.3, 0.4) is 0 Å². The minimum atomic E-state index is -0.175. The van der Waals surface area contributed by atoms with Crippen molar-refractivity contribution in [3.8, 4) is 0 Å². The Labute approximate surface area is 191 Å². The minimum Gasteiger partial charge on any atom is -0.326 e. The molecule has 0 aliphatic carbocycles. The number of amides is 1. The van der Waals surface area contributed by atoms with Gasteiger partial charge in [-0.05, 0) is 53.9 Å². The molecule has 1 N–H and O–H groups in total. The van der Waals surface area contributed by atoms with Gasteiger partial charge >= 0.3 is 0 Å². The van der Waals surface area contributed by atoms with Gasteiger partial charge in [0.25, 0.3) is 5.56 Å². The van der Waals surface area contributed by atoms with E-state index in [4.69, 9.17) is 0 Å². The highest BCUT2D eigenvalue weighted by atomic mass is 32.2. The number of hydrogen-bond donors (Lipinski definition) is 1. The van der Waals surface area contributed by atoms with E-state index in [2.05, 4.69) is 48.5 Å². The normalized spacial score (nSPS) is 11.1. The van der Waals surface area contributed by atoms with Gasteiger partial charge in [0, 0.05) is 27.9 Å². The molecule has 1 aromatic heterocycles. The van der Waals surface area contributed by atoms with Gasteiger partial charge in [0.15, 0.2) is 0 Å². The summed E-state index contributed by atoms with van der Waals surface area (Å²) in [5.74, 6) is 0.344. The molecule has 1 amide bonds. The molecular weight excluding hydrogens is 418 g/mol. The maximum Gasteiger partial charge on any atom is 0.274 e. The molecule has 0 aliphatic rings. The molecule has 4 rings (SSSR count). The predicted molar refractivity (Wildman–Crippen MR) is 130 cm³/mol. The number of rotatable bonds is 6. The van der Waals surface area contributed by atoms with Crippen molar-refractivity contribution in [2.45, 2.75) is 36.0 Å². The lowest BCUT2D eigenvalue weighted by molar-refractivity contribution is -0.115. The van der Waals surface area contributed by atoms with Gasteiger partial charge < -0.3 is 5.32 Å². The standard InChI is InChI=1S/C26H25N3O2S/c1-17(2)18-8-12-20(13-9-18)32-21-14-10-19(11-15-21)27-25(30)16-24-22-6-4-5-7-23(22)26(31)29(3)28-24/h4-15,17H,16H2,1-3H3,(H,27,30). The zero-order valence-electron chi connectivity index (χ0n) is 18.3.